The normalized spacial score (nSPS) is 22.7. The molecule has 1 saturated carbocycles. The maximum atomic E-state index is 11.7. The van der Waals surface area contributed by atoms with E-state index in [9.17, 15) is 4.79 Å². The molecule has 0 spiro atoms. The van der Waals surface area contributed by atoms with Crippen molar-refractivity contribution in [1.82, 2.24) is 5.32 Å². The molecule has 0 saturated heterocycles. The number of ether oxygens (including phenoxy) is 1. The standard InChI is InChI=1S/C14H20N2O2/c1-10-4-2-7-13(10)16-14(17)9-18-12-6-3-5-11(15)8-12/h3,5-6,8,10,13H,2,4,7,9,15H2,1H3,(H,16,17). The summed E-state index contributed by atoms with van der Waals surface area (Å²) in [6, 6.07) is 7.41. The summed E-state index contributed by atoms with van der Waals surface area (Å²) in [5, 5.41) is 3.02. The number of amides is 1. The Kier molecular flexibility index (Phi) is 4.07. The van der Waals surface area contributed by atoms with Crippen molar-refractivity contribution in [1.29, 1.82) is 0 Å². The fraction of sp³-hybridized carbons (Fsp3) is 0.500. The maximum absolute atomic E-state index is 11.7. The average Bonchev–Trinajstić information content (AvgIpc) is 2.73. The summed E-state index contributed by atoms with van der Waals surface area (Å²) in [7, 11) is 0. The van der Waals surface area contributed by atoms with Gasteiger partial charge in [0.05, 0.1) is 0 Å². The number of nitrogens with one attached hydrogen (secondary N) is 1. The van der Waals surface area contributed by atoms with Crippen molar-refractivity contribution in [3.05, 3.63) is 24.3 Å². The Morgan fingerprint density at radius 3 is 3.00 bits per heavy atom. The van der Waals surface area contributed by atoms with E-state index in [1.165, 1.54) is 12.8 Å². The summed E-state index contributed by atoms with van der Waals surface area (Å²) >= 11 is 0. The Balaban J connectivity index is 1.78. The van der Waals surface area contributed by atoms with Crippen LogP contribution in [0.5, 0.6) is 5.75 Å². The Morgan fingerprint density at radius 1 is 1.50 bits per heavy atom. The highest BCUT2D eigenvalue weighted by Gasteiger charge is 2.24. The van der Waals surface area contributed by atoms with Crippen LogP contribution in [0.3, 0.4) is 0 Å². The van der Waals surface area contributed by atoms with E-state index < -0.39 is 0 Å². The second kappa shape index (κ2) is 5.76. The molecule has 0 aromatic heterocycles. The van der Waals surface area contributed by atoms with Gasteiger partial charge in [-0.15, -0.1) is 0 Å². The smallest absolute Gasteiger partial charge is 0.258 e. The van der Waals surface area contributed by atoms with Crippen LogP contribution >= 0.6 is 0 Å². The van der Waals surface area contributed by atoms with Crippen LogP contribution in [0.15, 0.2) is 24.3 Å². The quantitative estimate of drug-likeness (QED) is 0.800. The van der Waals surface area contributed by atoms with Crippen LogP contribution in [0.2, 0.25) is 0 Å². The molecule has 18 heavy (non-hydrogen) atoms. The summed E-state index contributed by atoms with van der Waals surface area (Å²) in [5.74, 6) is 1.14. The van der Waals surface area contributed by atoms with Gasteiger partial charge in [0.25, 0.3) is 5.91 Å². The average molecular weight is 248 g/mol. The number of anilines is 1. The van der Waals surface area contributed by atoms with Crippen LogP contribution < -0.4 is 15.8 Å². The van der Waals surface area contributed by atoms with Crippen LogP contribution in [-0.4, -0.2) is 18.6 Å². The van der Waals surface area contributed by atoms with Gasteiger partial charge in [-0.25, -0.2) is 0 Å². The molecule has 3 N–H and O–H groups in total. The highest BCUT2D eigenvalue weighted by Crippen LogP contribution is 2.24. The molecule has 2 rings (SSSR count). The number of nitrogens with two attached hydrogens (primary N) is 1. The number of carbonyl (C=O) groups excluding carboxylic acids is 1. The summed E-state index contributed by atoms with van der Waals surface area (Å²) in [5.41, 5.74) is 6.27. The molecule has 1 amide bonds. The van der Waals surface area contributed by atoms with E-state index in [0.29, 0.717) is 23.4 Å². The molecule has 98 valence electrons. The molecule has 1 fully saturated rings. The first kappa shape index (κ1) is 12.7. The summed E-state index contributed by atoms with van der Waals surface area (Å²) in [4.78, 5) is 11.7. The van der Waals surface area contributed by atoms with Gasteiger partial charge in [-0.2, -0.15) is 0 Å². The summed E-state index contributed by atoms with van der Waals surface area (Å²) < 4.78 is 5.40. The second-order valence-electron chi connectivity index (χ2n) is 4.94. The number of nitrogen functional groups attached to an aromatic ring is 1. The monoisotopic (exact) mass is 248 g/mol. The minimum atomic E-state index is -0.0591. The van der Waals surface area contributed by atoms with Gasteiger partial charge in [0.1, 0.15) is 5.75 Å². The SMILES string of the molecule is CC1CCCC1NC(=O)COc1cccc(N)c1. The lowest BCUT2D eigenvalue weighted by Gasteiger charge is -2.17. The molecule has 2 unspecified atom stereocenters. The summed E-state index contributed by atoms with van der Waals surface area (Å²) in [6.45, 7) is 2.23. The minimum Gasteiger partial charge on any atom is -0.484 e. The second-order valence-corrected chi connectivity index (χ2v) is 4.94. The Hall–Kier alpha value is -1.71. The van der Waals surface area contributed by atoms with Crippen LogP contribution in [0.1, 0.15) is 26.2 Å². The molecule has 1 aliphatic rings. The molecule has 1 aromatic carbocycles. The Morgan fingerprint density at radius 2 is 2.33 bits per heavy atom. The van der Waals surface area contributed by atoms with Crippen LogP contribution in [-0.2, 0) is 4.79 Å². The molecule has 0 aliphatic heterocycles. The van der Waals surface area contributed by atoms with E-state index in [1.54, 1.807) is 18.2 Å². The van der Waals surface area contributed by atoms with Crippen molar-refractivity contribution >= 4 is 11.6 Å². The van der Waals surface area contributed by atoms with Crippen molar-refractivity contribution in [2.45, 2.75) is 32.2 Å². The van der Waals surface area contributed by atoms with Crippen molar-refractivity contribution in [3.63, 3.8) is 0 Å². The molecule has 0 bridgehead atoms. The lowest BCUT2D eigenvalue weighted by molar-refractivity contribution is -0.124. The van der Waals surface area contributed by atoms with E-state index in [2.05, 4.69) is 12.2 Å². The number of carbonyl (C=O) groups is 1. The van der Waals surface area contributed by atoms with Gasteiger partial charge < -0.3 is 15.8 Å². The topological polar surface area (TPSA) is 64.3 Å². The van der Waals surface area contributed by atoms with Crippen LogP contribution in [0, 0.1) is 5.92 Å². The first-order valence-electron chi connectivity index (χ1n) is 6.43. The number of benzene rings is 1. The number of hydrogen-bond donors (Lipinski definition) is 2. The third-order valence-corrected chi connectivity index (χ3v) is 3.44. The molecule has 1 aliphatic carbocycles. The third-order valence-electron chi connectivity index (χ3n) is 3.44. The molecule has 0 radical (unpaired) electrons. The van der Waals surface area contributed by atoms with E-state index in [-0.39, 0.29) is 12.5 Å². The molecule has 1 aromatic rings. The van der Waals surface area contributed by atoms with Gasteiger partial charge in [-0.1, -0.05) is 19.4 Å². The van der Waals surface area contributed by atoms with Gasteiger partial charge in [-0.05, 0) is 30.9 Å². The van der Waals surface area contributed by atoms with E-state index in [0.717, 1.165) is 6.42 Å². The first-order chi connectivity index (χ1) is 8.65. The zero-order valence-corrected chi connectivity index (χ0v) is 10.7. The molecule has 4 nitrogen and oxygen atoms in total. The molecule has 4 heteroatoms. The Labute approximate surface area is 108 Å². The molecule has 2 atom stereocenters. The predicted octanol–water partition coefficient (Wildman–Crippen LogP) is 1.95. The zero-order chi connectivity index (χ0) is 13.0. The van der Waals surface area contributed by atoms with E-state index in [4.69, 9.17) is 10.5 Å². The Bertz CT molecular complexity index is 420. The molecular weight excluding hydrogens is 228 g/mol. The van der Waals surface area contributed by atoms with Crippen LogP contribution in [0.4, 0.5) is 5.69 Å². The largest absolute Gasteiger partial charge is 0.484 e. The van der Waals surface area contributed by atoms with Gasteiger partial charge in [0, 0.05) is 17.8 Å². The van der Waals surface area contributed by atoms with Crippen LogP contribution in [0.25, 0.3) is 0 Å². The third kappa shape index (κ3) is 3.39. The first-order valence-corrected chi connectivity index (χ1v) is 6.43. The number of hydrogen-bond acceptors (Lipinski definition) is 3. The highest BCUT2D eigenvalue weighted by molar-refractivity contribution is 5.77. The van der Waals surface area contributed by atoms with E-state index in [1.807, 2.05) is 6.07 Å². The maximum Gasteiger partial charge on any atom is 0.258 e. The zero-order valence-electron chi connectivity index (χ0n) is 10.7. The van der Waals surface area contributed by atoms with Crippen molar-refractivity contribution < 1.29 is 9.53 Å². The fourth-order valence-corrected chi connectivity index (χ4v) is 2.36. The molecule has 0 heterocycles. The minimum absolute atomic E-state index is 0.0483. The van der Waals surface area contributed by atoms with Crippen molar-refractivity contribution in [2.75, 3.05) is 12.3 Å². The fourth-order valence-electron chi connectivity index (χ4n) is 2.36. The predicted molar refractivity (Wildman–Crippen MR) is 71.3 cm³/mol. The lowest BCUT2D eigenvalue weighted by atomic mass is 10.1. The van der Waals surface area contributed by atoms with E-state index >= 15 is 0 Å². The number of rotatable bonds is 4. The van der Waals surface area contributed by atoms with Gasteiger partial charge >= 0.3 is 0 Å². The highest BCUT2D eigenvalue weighted by atomic mass is 16.5. The van der Waals surface area contributed by atoms with Crippen molar-refractivity contribution in [3.8, 4) is 5.75 Å². The van der Waals surface area contributed by atoms with Crippen molar-refractivity contribution in [2.24, 2.45) is 5.92 Å². The lowest BCUT2D eigenvalue weighted by Crippen LogP contribution is -2.39. The van der Waals surface area contributed by atoms with Gasteiger partial charge in [0.15, 0.2) is 6.61 Å². The van der Waals surface area contributed by atoms with Gasteiger partial charge in [0.2, 0.25) is 0 Å². The van der Waals surface area contributed by atoms with Gasteiger partial charge in [-0.3, -0.25) is 4.79 Å². The molecular formula is C14H20N2O2. The summed E-state index contributed by atoms with van der Waals surface area (Å²) in [6.07, 6.45) is 3.47.